The Balaban J connectivity index is 1.16. The van der Waals surface area contributed by atoms with Crippen LogP contribution in [0.15, 0.2) is 90.4 Å². The SMILES string of the molecule is COc1ccc(-c2cn3c(CC(=O)NCc4ccc(OCc5ccccc5)cc4)csc3n2)cc1. The van der Waals surface area contributed by atoms with E-state index in [0.29, 0.717) is 13.2 Å². The number of aromatic nitrogens is 2. The zero-order valence-corrected chi connectivity index (χ0v) is 20.1. The molecule has 0 aliphatic heterocycles. The van der Waals surface area contributed by atoms with Crippen LogP contribution in [0.3, 0.4) is 0 Å². The van der Waals surface area contributed by atoms with E-state index in [0.717, 1.165) is 44.5 Å². The van der Waals surface area contributed by atoms with Crippen LogP contribution in [0.4, 0.5) is 0 Å². The minimum Gasteiger partial charge on any atom is -0.497 e. The molecule has 0 saturated carbocycles. The van der Waals surface area contributed by atoms with Gasteiger partial charge in [-0.25, -0.2) is 4.98 Å². The number of amides is 1. The maximum absolute atomic E-state index is 12.6. The molecule has 0 bridgehead atoms. The number of carbonyl (C=O) groups is 1. The number of hydrogen-bond donors (Lipinski definition) is 1. The van der Waals surface area contributed by atoms with Gasteiger partial charge >= 0.3 is 0 Å². The van der Waals surface area contributed by atoms with E-state index in [9.17, 15) is 4.79 Å². The van der Waals surface area contributed by atoms with Crippen molar-refractivity contribution in [1.82, 2.24) is 14.7 Å². The summed E-state index contributed by atoms with van der Waals surface area (Å²) < 4.78 is 13.0. The largest absolute Gasteiger partial charge is 0.497 e. The van der Waals surface area contributed by atoms with Gasteiger partial charge in [0.1, 0.15) is 18.1 Å². The van der Waals surface area contributed by atoms with Gasteiger partial charge in [-0.3, -0.25) is 9.20 Å². The van der Waals surface area contributed by atoms with E-state index in [-0.39, 0.29) is 12.3 Å². The highest BCUT2D eigenvalue weighted by molar-refractivity contribution is 7.15. The number of methoxy groups -OCH3 is 1. The number of imidazole rings is 1. The second-order valence-electron chi connectivity index (χ2n) is 8.11. The number of fused-ring (bicyclic) bond motifs is 1. The Morgan fingerprint density at radius 3 is 2.43 bits per heavy atom. The van der Waals surface area contributed by atoms with Gasteiger partial charge in [0.05, 0.1) is 19.2 Å². The highest BCUT2D eigenvalue weighted by atomic mass is 32.1. The highest BCUT2D eigenvalue weighted by Gasteiger charge is 2.13. The maximum Gasteiger partial charge on any atom is 0.226 e. The molecule has 0 aliphatic rings. The van der Waals surface area contributed by atoms with E-state index in [1.54, 1.807) is 7.11 Å². The van der Waals surface area contributed by atoms with E-state index < -0.39 is 0 Å². The van der Waals surface area contributed by atoms with Crippen molar-refractivity contribution in [2.24, 2.45) is 0 Å². The van der Waals surface area contributed by atoms with Crippen LogP contribution in [-0.2, 0) is 24.4 Å². The van der Waals surface area contributed by atoms with Crippen LogP contribution in [0.25, 0.3) is 16.2 Å². The zero-order valence-electron chi connectivity index (χ0n) is 19.3. The van der Waals surface area contributed by atoms with Crippen molar-refractivity contribution >= 4 is 22.2 Å². The maximum atomic E-state index is 12.6. The van der Waals surface area contributed by atoms with Crippen LogP contribution in [0.5, 0.6) is 11.5 Å². The lowest BCUT2D eigenvalue weighted by atomic mass is 10.1. The highest BCUT2D eigenvalue weighted by Crippen LogP contribution is 2.25. The Morgan fingerprint density at radius 2 is 1.69 bits per heavy atom. The number of benzene rings is 3. The Kier molecular flexibility index (Phi) is 6.77. The predicted molar refractivity (Wildman–Crippen MR) is 138 cm³/mol. The smallest absolute Gasteiger partial charge is 0.226 e. The molecule has 5 aromatic rings. The molecule has 7 heteroatoms. The standard InChI is InChI=1S/C28H25N3O3S/c1-33-24-13-9-22(10-14-24)26-17-31-23(19-35-28(31)30-26)15-27(32)29-16-20-7-11-25(12-8-20)34-18-21-5-3-2-4-6-21/h2-14,17,19H,15-16,18H2,1H3,(H,29,32). The van der Waals surface area contributed by atoms with Crippen LogP contribution >= 0.6 is 11.3 Å². The molecule has 5 rings (SSSR count). The van der Waals surface area contributed by atoms with Crippen molar-refractivity contribution in [3.8, 4) is 22.8 Å². The first-order chi connectivity index (χ1) is 17.2. The fraction of sp³-hybridized carbons (Fsp3) is 0.143. The summed E-state index contributed by atoms with van der Waals surface area (Å²) in [5.41, 5.74) is 4.94. The van der Waals surface area contributed by atoms with Crippen molar-refractivity contribution in [2.45, 2.75) is 19.6 Å². The monoisotopic (exact) mass is 483 g/mol. The van der Waals surface area contributed by atoms with Gasteiger partial charge in [-0.15, -0.1) is 11.3 Å². The van der Waals surface area contributed by atoms with E-state index in [2.05, 4.69) is 5.32 Å². The van der Waals surface area contributed by atoms with Crippen molar-refractivity contribution in [3.63, 3.8) is 0 Å². The number of thiazole rings is 1. The van der Waals surface area contributed by atoms with Crippen molar-refractivity contribution in [2.75, 3.05) is 7.11 Å². The summed E-state index contributed by atoms with van der Waals surface area (Å²) in [6.45, 7) is 0.993. The number of rotatable bonds is 9. The summed E-state index contributed by atoms with van der Waals surface area (Å²) in [5.74, 6) is 1.58. The van der Waals surface area contributed by atoms with E-state index in [1.165, 1.54) is 11.3 Å². The molecule has 0 radical (unpaired) electrons. The fourth-order valence-corrected chi connectivity index (χ4v) is 4.60. The summed E-state index contributed by atoms with van der Waals surface area (Å²) in [6.07, 6.45) is 2.26. The van der Waals surface area contributed by atoms with Crippen LogP contribution in [0.1, 0.15) is 16.8 Å². The van der Waals surface area contributed by atoms with Crippen LogP contribution in [-0.4, -0.2) is 22.4 Å². The third-order valence-corrected chi connectivity index (χ3v) is 6.56. The van der Waals surface area contributed by atoms with Crippen LogP contribution < -0.4 is 14.8 Å². The number of ether oxygens (including phenoxy) is 2. The molecular weight excluding hydrogens is 458 g/mol. The first-order valence-corrected chi connectivity index (χ1v) is 12.2. The Morgan fingerprint density at radius 1 is 0.943 bits per heavy atom. The molecule has 1 N–H and O–H groups in total. The number of nitrogens with zero attached hydrogens (tertiary/aromatic N) is 2. The summed E-state index contributed by atoms with van der Waals surface area (Å²) in [5, 5.41) is 4.99. The number of nitrogens with one attached hydrogen (secondary N) is 1. The third-order valence-electron chi connectivity index (χ3n) is 5.67. The predicted octanol–water partition coefficient (Wildman–Crippen LogP) is 5.51. The molecule has 0 atom stereocenters. The molecule has 35 heavy (non-hydrogen) atoms. The molecule has 0 aliphatic carbocycles. The first kappa shape index (κ1) is 22.7. The fourth-order valence-electron chi connectivity index (χ4n) is 3.73. The molecule has 0 spiro atoms. The van der Waals surface area contributed by atoms with Crippen molar-refractivity contribution in [3.05, 3.63) is 107 Å². The van der Waals surface area contributed by atoms with Gasteiger partial charge in [0.2, 0.25) is 5.91 Å². The van der Waals surface area contributed by atoms with Gasteiger partial charge < -0.3 is 14.8 Å². The van der Waals surface area contributed by atoms with Gasteiger partial charge in [-0.1, -0.05) is 42.5 Å². The van der Waals surface area contributed by atoms with Gasteiger partial charge in [0.15, 0.2) is 4.96 Å². The van der Waals surface area contributed by atoms with E-state index in [4.69, 9.17) is 14.5 Å². The summed E-state index contributed by atoms with van der Waals surface area (Å²) in [7, 11) is 1.65. The molecule has 1 amide bonds. The Labute approximate surface area is 207 Å². The quantitative estimate of drug-likeness (QED) is 0.300. The lowest BCUT2D eigenvalue weighted by Crippen LogP contribution is -2.24. The summed E-state index contributed by atoms with van der Waals surface area (Å²) in [4.78, 5) is 18.2. The minimum absolute atomic E-state index is 0.0335. The molecule has 6 nitrogen and oxygen atoms in total. The molecule has 0 saturated heterocycles. The third kappa shape index (κ3) is 5.53. The lowest BCUT2D eigenvalue weighted by molar-refractivity contribution is -0.120. The van der Waals surface area contributed by atoms with E-state index >= 15 is 0 Å². The van der Waals surface area contributed by atoms with Gasteiger partial charge in [0, 0.05) is 29.4 Å². The van der Waals surface area contributed by atoms with E-state index in [1.807, 2.05) is 94.8 Å². The van der Waals surface area contributed by atoms with Gasteiger partial charge in [-0.05, 0) is 47.5 Å². The van der Waals surface area contributed by atoms with Gasteiger partial charge in [-0.2, -0.15) is 0 Å². The molecular formula is C28H25N3O3S. The Hall–Kier alpha value is -4.10. The molecule has 176 valence electrons. The van der Waals surface area contributed by atoms with Crippen molar-refractivity contribution < 1.29 is 14.3 Å². The molecule has 0 unspecified atom stereocenters. The number of hydrogen-bond acceptors (Lipinski definition) is 5. The molecule has 0 fully saturated rings. The molecule has 3 aromatic carbocycles. The average Bonchev–Trinajstić information content (AvgIpc) is 3.49. The Bertz CT molecular complexity index is 1410. The topological polar surface area (TPSA) is 64.9 Å². The second-order valence-corrected chi connectivity index (χ2v) is 8.94. The normalized spacial score (nSPS) is 10.9. The summed E-state index contributed by atoms with van der Waals surface area (Å²) in [6, 6.07) is 25.7. The van der Waals surface area contributed by atoms with Crippen molar-refractivity contribution in [1.29, 1.82) is 0 Å². The minimum atomic E-state index is -0.0335. The van der Waals surface area contributed by atoms with Crippen LogP contribution in [0.2, 0.25) is 0 Å². The first-order valence-electron chi connectivity index (χ1n) is 11.3. The van der Waals surface area contributed by atoms with Gasteiger partial charge in [0.25, 0.3) is 0 Å². The molecule has 2 heterocycles. The second kappa shape index (κ2) is 10.4. The zero-order chi connectivity index (χ0) is 24.0. The summed E-state index contributed by atoms with van der Waals surface area (Å²) >= 11 is 1.53. The van der Waals surface area contributed by atoms with Crippen LogP contribution in [0, 0.1) is 0 Å². The lowest BCUT2D eigenvalue weighted by Gasteiger charge is -2.08. The number of carbonyl (C=O) groups excluding carboxylic acids is 1. The molecule has 2 aromatic heterocycles. The average molecular weight is 484 g/mol.